The number of carbonyl (C=O) groups is 18. The number of aromatic hydroxyl groups is 2. The highest BCUT2D eigenvalue weighted by Gasteiger charge is 2.38. The van der Waals surface area contributed by atoms with Crippen LogP contribution in [0.25, 0.3) is 0 Å². The molecule has 0 unspecified atom stereocenters. The van der Waals surface area contributed by atoms with E-state index in [1.54, 1.807) is 94.4 Å². The fraction of sp³-hybridized carbons (Fsp3) is 0.543. The van der Waals surface area contributed by atoms with E-state index in [1.165, 1.54) is 75.4 Å². The van der Waals surface area contributed by atoms with E-state index in [0.29, 0.717) is 37.4 Å². The maximum absolute atomic E-state index is 14.4. The number of rotatable bonds is 66. The van der Waals surface area contributed by atoms with Crippen LogP contribution in [-0.4, -0.2) is 227 Å². The molecule has 4 aromatic carbocycles. The number of nitrogens with one attached hydrogen (secondary N) is 8. The number of hydrogen-bond donors (Lipinski definition) is 14. The molecule has 0 saturated heterocycles. The average Bonchev–Trinajstić information content (AvgIpc) is 0.863. The number of hydroxylamine groups is 2. The van der Waals surface area contributed by atoms with Gasteiger partial charge in [-0.15, -0.1) is 0 Å². The number of ketones is 6. The molecule has 4 rings (SSSR count). The van der Waals surface area contributed by atoms with Gasteiger partial charge in [0.2, 0.25) is 47.3 Å². The maximum atomic E-state index is 14.4. The van der Waals surface area contributed by atoms with Gasteiger partial charge in [0.1, 0.15) is 24.7 Å². The predicted molar refractivity (Wildman–Crippen MR) is 466 cm³/mol. The molecule has 38 nitrogen and oxygen atoms in total. The normalized spacial score (nSPS) is 13.3. The van der Waals surface area contributed by atoms with Crippen LogP contribution >= 0.6 is 0 Å². The topological polar surface area (TPSA) is 580 Å². The summed E-state index contributed by atoms with van der Waals surface area (Å²) in [4.78, 5) is 236. The molecule has 10 atom stereocenters. The Morgan fingerprint density at radius 1 is 0.331 bits per heavy atom. The Labute approximate surface area is 755 Å². The maximum Gasteiger partial charge on any atom is 0.306 e. The number of amides is 8. The number of methoxy groups -OCH3 is 2. The number of benzene rings is 4. The minimum Gasteiger partial charge on any atom is -0.508 e. The van der Waals surface area contributed by atoms with Crippen LogP contribution in [0.5, 0.6) is 11.5 Å². The van der Waals surface area contributed by atoms with Crippen molar-refractivity contribution in [2.45, 2.75) is 232 Å². The third kappa shape index (κ3) is 48.3. The Bertz CT molecular complexity index is 4280. The SMILES string of the molecule is COCCOCCCC(=O)[C@@H](CCC(=O)NO)NC(=O)[C@H](CCC(=O)NO)CC(=O)[C@@H](CC(C)C)NC(=O)[C@H](CC(=O)O)CC(=O)[C@H](Cc1ccc(O)cc1)NC(C)=O.COCCOCCCC(=O)[C@@H](CCC(=O)OCc1ccccc1)NC(=O)[C@H](CCC(=O)OCc1ccccc1)CC(=O)[C@@H](CC(C)C)NC(=O)[C@H](CC(=O)O)CC(=O)[C@H](Cc1ccc(O)cc1)NC(C)=O. The molecule has 0 saturated carbocycles. The smallest absolute Gasteiger partial charge is 0.306 e. The quantitative estimate of drug-likeness (QED) is 0.0107. The van der Waals surface area contributed by atoms with E-state index in [4.69, 9.17) is 38.8 Å². The van der Waals surface area contributed by atoms with Crippen LogP contribution in [-0.2, 0) is 141 Å². The highest BCUT2D eigenvalue weighted by Crippen LogP contribution is 2.25. The average molecular weight is 1830 g/mol. The summed E-state index contributed by atoms with van der Waals surface area (Å²) in [6, 6.07) is 22.2. The second-order valence-electron chi connectivity index (χ2n) is 32.3. The van der Waals surface area contributed by atoms with Gasteiger partial charge in [0.05, 0.1) is 87.4 Å². The zero-order valence-corrected chi connectivity index (χ0v) is 75.0. The lowest BCUT2D eigenvalue weighted by molar-refractivity contribution is -0.147. The molecule has 4 aromatic rings. The summed E-state index contributed by atoms with van der Waals surface area (Å²) >= 11 is 0. The fourth-order valence-corrected chi connectivity index (χ4v) is 13.5. The summed E-state index contributed by atoms with van der Waals surface area (Å²) in [5, 5.41) is 72.3. The largest absolute Gasteiger partial charge is 0.508 e. The van der Waals surface area contributed by atoms with Crippen molar-refractivity contribution >= 4 is 106 Å². The number of Topliss-reactive ketones (excluding diaryl/α,β-unsaturated/α-hetero) is 6. The Kier molecular flexibility index (Phi) is 54.3. The third-order valence-electron chi connectivity index (χ3n) is 20.4. The van der Waals surface area contributed by atoms with E-state index in [0.717, 1.165) is 11.1 Å². The second-order valence-corrected chi connectivity index (χ2v) is 32.3. The van der Waals surface area contributed by atoms with Crippen LogP contribution in [0.2, 0.25) is 0 Å². The van der Waals surface area contributed by atoms with E-state index in [2.05, 4.69) is 31.9 Å². The Balaban J connectivity index is 0.000000683. The lowest BCUT2D eigenvalue weighted by atomic mass is 9.88. The van der Waals surface area contributed by atoms with Crippen LogP contribution in [0.4, 0.5) is 0 Å². The van der Waals surface area contributed by atoms with Crippen molar-refractivity contribution in [3.63, 3.8) is 0 Å². The van der Waals surface area contributed by atoms with Crippen LogP contribution in [0.3, 0.4) is 0 Å². The van der Waals surface area contributed by atoms with Gasteiger partial charge >= 0.3 is 23.9 Å². The first-order valence-electron chi connectivity index (χ1n) is 43.1. The molecule has 0 aliphatic carbocycles. The van der Waals surface area contributed by atoms with Gasteiger partial charge in [0.25, 0.3) is 0 Å². The molecule has 716 valence electrons. The molecule has 8 amide bonds. The van der Waals surface area contributed by atoms with Crippen molar-refractivity contribution in [1.82, 2.24) is 42.9 Å². The number of phenols is 2. The van der Waals surface area contributed by atoms with Crippen molar-refractivity contribution in [3.05, 3.63) is 131 Å². The zero-order valence-electron chi connectivity index (χ0n) is 75.0. The predicted octanol–water partition coefficient (Wildman–Crippen LogP) is 5.80. The highest BCUT2D eigenvalue weighted by molar-refractivity contribution is 6.00. The van der Waals surface area contributed by atoms with Crippen LogP contribution in [0.1, 0.15) is 192 Å². The summed E-state index contributed by atoms with van der Waals surface area (Å²) in [5.41, 5.74) is 5.49. The van der Waals surface area contributed by atoms with E-state index < -0.39 is 211 Å². The minimum absolute atomic E-state index is 0.00588. The van der Waals surface area contributed by atoms with Crippen LogP contribution in [0, 0.1) is 35.5 Å². The number of carboxylic acids is 2. The van der Waals surface area contributed by atoms with Crippen LogP contribution in [0.15, 0.2) is 109 Å². The highest BCUT2D eigenvalue weighted by atomic mass is 16.5. The minimum atomic E-state index is -1.49. The molecular formula is C92H128N8O30. The van der Waals surface area contributed by atoms with Gasteiger partial charge in [-0.2, -0.15) is 0 Å². The third-order valence-corrected chi connectivity index (χ3v) is 20.4. The van der Waals surface area contributed by atoms with Gasteiger partial charge in [-0.05, 0) is 123 Å². The van der Waals surface area contributed by atoms with E-state index in [1.807, 2.05) is 6.07 Å². The van der Waals surface area contributed by atoms with Gasteiger partial charge < -0.3 is 80.7 Å². The monoisotopic (exact) mass is 1820 g/mol. The van der Waals surface area contributed by atoms with E-state index >= 15 is 0 Å². The van der Waals surface area contributed by atoms with Gasteiger partial charge in [0, 0.05) is 117 Å². The molecule has 0 heterocycles. The number of carboxylic acid groups (broad SMARTS) is 2. The number of phenolic OH excluding ortho intramolecular Hbond substituents is 2. The van der Waals surface area contributed by atoms with Gasteiger partial charge in [-0.3, -0.25) is 96.7 Å². The number of esters is 2. The summed E-state index contributed by atoms with van der Waals surface area (Å²) in [5.74, 6) is -20.0. The second kappa shape index (κ2) is 63.0. The molecule has 0 radical (unpaired) electrons. The number of carbonyl (C=O) groups excluding carboxylic acids is 16. The van der Waals surface area contributed by atoms with Crippen molar-refractivity contribution in [2.75, 3.05) is 53.9 Å². The van der Waals surface area contributed by atoms with Crippen molar-refractivity contribution in [2.24, 2.45) is 35.5 Å². The van der Waals surface area contributed by atoms with Crippen molar-refractivity contribution < 1.29 is 146 Å². The molecule has 0 aliphatic rings. The summed E-state index contributed by atoms with van der Waals surface area (Å²) in [6.07, 6.45) is -5.77. The summed E-state index contributed by atoms with van der Waals surface area (Å²) < 4.78 is 31.6. The lowest BCUT2D eigenvalue weighted by Crippen LogP contribution is -2.48. The van der Waals surface area contributed by atoms with E-state index in [9.17, 15) is 107 Å². The summed E-state index contributed by atoms with van der Waals surface area (Å²) in [7, 11) is 3.02. The van der Waals surface area contributed by atoms with Gasteiger partial charge in [0.15, 0.2) is 34.7 Å². The molecule has 0 aromatic heterocycles. The molecule has 14 N–H and O–H groups in total. The first-order chi connectivity index (χ1) is 61.8. The van der Waals surface area contributed by atoms with Crippen molar-refractivity contribution in [1.29, 1.82) is 0 Å². The number of aliphatic carboxylic acids is 2. The lowest BCUT2D eigenvalue weighted by Gasteiger charge is -2.26. The standard InChI is InChI=1S/C53H69N3O15.C39H59N5O15/c1-35(2)28-44(56-53(67)41(32-49(62)63)31-48(61)45(54-36(3)57)29-37-17-20-42(58)21-18-37)47(60)30-40(19-23-50(64)70-33-38-12-7-5-8-13-38)52(66)55-43(46(59)16-11-25-69-27-26-68-4)22-24-51(65)71-34-39-14-9-6-10-15-39;1-23(2)18-30(42-39(55)27(22-37(52)53)21-34(49)31(40-24(3)45)19-25-7-10-28(46)11-8-25)33(48)20-26(9-13-35(50)43-56)38(54)41-29(12-14-36(51)44-57)32(47)6-5-15-59-17-16-58-4/h5-10,12-15,17-18,20-21,35,40-41,43-45,58H,11,16,19,22-34H2,1-4H3,(H,54,57)(H,55,66)(H,56,67)(H,62,63);7-8,10-11,23,26-27,29-31,46,56-57H,5-6,9,12-22H2,1-4H3,(H,40,45)(H,41,54)(H,42,55)(H,43,50)(H,44,51)(H,52,53)/t40-,41+,43-,44-,45+;26-,27+,29-,30-,31+/m11/s1. The van der Waals surface area contributed by atoms with Crippen LogP contribution < -0.4 is 42.9 Å². The van der Waals surface area contributed by atoms with Crippen molar-refractivity contribution in [3.8, 4) is 11.5 Å². The zero-order chi connectivity index (χ0) is 96.6. The first-order valence-corrected chi connectivity index (χ1v) is 43.1. The fourth-order valence-electron chi connectivity index (χ4n) is 13.5. The number of ether oxygens (including phenoxy) is 6. The molecule has 0 fully saturated rings. The Hall–Kier alpha value is -12.1. The molecule has 130 heavy (non-hydrogen) atoms. The number of hydrogen-bond acceptors (Lipinski definition) is 28. The van der Waals surface area contributed by atoms with Gasteiger partial charge in [-0.1, -0.05) is 113 Å². The molecule has 38 heteroatoms. The van der Waals surface area contributed by atoms with Gasteiger partial charge in [-0.25, -0.2) is 11.0 Å². The molecular weight excluding hydrogens is 1700 g/mol. The molecule has 0 bridgehead atoms. The molecule has 0 spiro atoms. The Morgan fingerprint density at radius 3 is 0.985 bits per heavy atom. The first kappa shape index (κ1) is 112. The van der Waals surface area contributed by atoms with E-state index in [-0.39, 0.29) is 146 Å². The Morgan fingerprint density at radius 2 is 0.646 bits per heavy atom. The summed E-state index contributed by atoms with van der Waals surface area (Å²) in [6.45, 7) is 11.1. The molecule has 0 aliphatic heterocycles.